The zero-order valence-electron chi connectivity index (χ0n) is 10.5. The van der Waals surface area contributed by atoms with Crippen LogP contribution in [-0.4, -0.2) is 0 Å². The second-order valence-electron chi connectivity index (χ2n) is 4.10. The predicted molar refractivity (Wildman–Crippen MR) is 64.2 cm³/mol. The van der Waals surface area contributed by atoms with Crippen molar-refractivity contribution >= 4 is 0 Å². The van der Waals surface area contributed by atoms with Crippen LogP contribution in [0.25, 0.3) is 0 Å². The summed E-state index contributed by atoms with van der Waals surface area (Å²) in [7, 11) is 0. The first-order chi connectivity index (χ1) is 6.22. The zero-order chi connectivity index (χ0) is 10.5. The van der Waals surface area contributed by atoms with Gasteiger partial charge < -0.3 is 0 Å². The van der Waals surface area contributed by atoms with Crippen LogP contribution in [0.15, 0.2) is 0 Å². The van der Waals surface area contributed by atoms with E-state index in [1.165, 1.54) is 44.9 Å². The summed E-state index contributed by atoms with van der Waals surface area (Å²) >= 11 is 0. The normalized spacial score (nSPS) is 14.5. The summed E-state index contributed by atoms with van der Waals surface area (Å²) in [6.07, 6.45) is 9.79. The van der Waals surface area contributed by atoms with Crippen molar-refractivity contribution in [2.75, 3.05) is 0 Å². The Kier molecular flexibility index (Phi) is 17.3. The molecule has 0 spiro atoms. The first kappa shape index (κ1) is 15.5. The van der Waals surface area contributed by atoms with Gasteiger partial charge in [-0.2, -0.15) is 0 Å². The molecule has 1 fully saturated rings. The fourth-order valence-corrected chi connectivity index (χ4v) is 0.966. The number of hydrogen-bond acceptors (Lipinski definition) is 0. The van der Waals surface area contributed by atoms with E-state index in [2.05, 4.69) is 34.6 Å². The number of unbranched alkanes of at least 4 members (excludes halogenated alkanes) is 2. The minimum Gasteiger partial charge on any atom is -0.0656 e. The zero-order valence-corrected chi connectivity index (χ0v) is 10.5. The summed E-state index contributed by atoms with van der Waals surface area (Å²) in [5.41, 5.74) is 0. The molecule has 0 unspecified atom stereocenters. The molecule has 13 heavy (non-hydrogen) atoms. The fraction of sp³-hybridized carbons (Fsp3) is 1.00. The smallest absolute Gasteiger partial charge is 0.0443 e. The average Bonchev–Trinajstić information content (AvgIpc) is 2.05. The predicted octanol–water partition coefficient (Wildman–Crippen LogP) is 5.42. The minimum atomic E-state index is 1.06. The molecule has 0 aromatic heterocycles. The molecule has 0 radical (unpaired) electrons. The van der Waals surface area contributed by atoms with Gasteiger partial charge in [0.2, 0.25) is 0 Å². The van der Waals surface area contributed by atoms with Crippen LogP contribution in [0.5, 0.6) is 0 Å². The Balaban J connectivity index is 0. The Bertz CT molecular complexity index is 60.4. The summed E-state index contributed by atoms with van der Waals surface area (Å²) in [6, 6.07) is 0. The Morgan fingerprint density at radius 1 is 0.923 bits per heavy atom. The highest BCUT2D eigenvalue weighted by molar-refractivity contribution is 4.62. The molecule has 0 aromatic carbocycles. The Morgan fingerprint density at radius 2 is 1.23 bits per heavy atom. The topological polar surface area (TPSA) is 0 Å². The molecule has 0 heterocycles. The third kappa shape index (κ3) is 18.8. The van der Waals surface area contributed by atoms with E-state index in [9.17, 15) is 0 Å². The summed E-state index contributed by atoms with van der Waals surface area (Å²) in [6.45, 7) is 11.0. The van der Waals surface area contributed by atoms with Gasteiger partial charge in [-0.15, -0.1) is 0 Å². The molecule has 0 heteroatoms. The molecule has 82 valence electrons. The van der Waals surface area contributed by atoms with Crippen LogP contribution in [0.4, 0.5) is 0 Å². The van der Waals surface area contributed by atoms with Crippen LogP contribution >= 0.6 is 0 Å². The van der Waals surface area contributed by atoms with Gasteiger partial charge in [0.15, 0.2) is 0 Å². The first-order valence-electron chi connectivity index (χ1n) is 6.22. The van der Waals surface area contributed by atoms with Crippen molar-refractivity contribution in [1.82, 2.24) is 0 Å². The molecule has 0 bridgehead atoms. The third-order valence-corrected chi connectivity index (χ3v) is 2.10. The van der Waals surface area contributed by atoms with Crippen molar-refractivity contribution < 1.29 is 0 Å². The van der Waals surface area contributed by atoms with Crippen molar-refractivity contribution in [3.05, 3.63) is 0 Å². The van der Waals surface area contributed by atoms with Gasteiger partial charge in [-0.05, 0) is 5.92 Å². The summed E-state index contributed by atoms with van der Waals surface area (Å²) in [4.78, 5) is 0. The average molecular weight is 186 g/mol. The van der Waals surface area contributed by atoms with Crippen molar-refractivity contribution in [3.8, 4) is 0 Å². The molecule has 0 aliphatic heterocycles. The second-order valence-corrected chi connectivity index (χ2v) is 4.10. The fourth-order valence-electron chi connectivity index (χ4n) is 0.966. The third-order valence-electron chi connectivity index (χ3n) is 2.10. The van der Waals surface area contributed by atoms with Gasteiger partial charge >= 0.3 is 0 Å². The highest BCUT2D eigenvalue weighted by Crippen LogP contribution is 2.24. The molecular formula is C13H30. The Hall–Kier alpha value is 0. The molecular weight excluding hydrogens is 156 g/mol. The van der Waals surface area contributed by atoms with E-state index in [1.54, 1.807) is 0 Å². The largest absolute Gasteiger partial charge is 0.0656 e. The van der Waals surface area contributed by atoms with Crippen molar-refractivity contribution in [2.24, 2.45) is 5.92 Å². The first-order valence-corrected chi connectivity index (χ1v) is 6.22. The van der Waals surface area contributed by atoms with Crippen LogP contribution in [0, 0.1) is 5.92 Å². The van der Waals surface area contributed by atoms with E-state index in [4.69, 9.17) is 0 Å². The van der Waals surface area contributed by atoms with Crippen molar-refractivity contribution in [2.45, 2.75) is 79.6 Å². The van der Waals surface area contributed by atoms with E-state index < -0.39 is 0 Å². The minimum absolute atomic E-state index is 1.06. The molecule has 0 saturated heterocycles. The van der Waals surface area contributed by atoms with Gasteiger partial charge in [0.1, 0.15) is 0 Å². The molecule has 1 saturated carbocycles. The lowest BCUT2D eigenvalue weighted by molar-refractivity contribution is 0.346. The van der Waals surface area contributed by atoms with Crippen molar-refractivity contribution in [3.63, 3.8) is 0 Å². The standard InChI is InChI=1S/C5H10.C5H12.C3H8/c1-5-3-2-4-5;1-3-5-4-2;1-3-2/h5H,2-4H2,1H3;3-5H2,1-2H3;3H2,1-2H3. The van der Waals surface area contributed by atoms with Gasteiger partial charge in [0.05, 0.1) is 0 Å². The SMILES string of the molecule is CC1CCC1.CCC.CCCCC. The molecule has 0 aromatic rings. The van der Waals surface area contributed by atoms with E-state index in [0.29, 0.717) is 0 Å². The Morgan fingerprint density at radius 3 is 1.23 bits per heavy atom. The maximum atomic E-state index is 2.31. The lowest BCUT2D eigenvalue weighted by atomic mass is 9.88. The van der Waals surface area contributed by atoms with Crippen LogP contribution in [0.2, 0.25) is 0 Å². The highest BCUT2D eigenvalue weighted by atomic mass is 14.1. The maximum Gasteiger partial charge on any atom is -0.0443 e. The monoisotopic (exact) mass is 186 g/mol. The van der Waals surface area contributed by atoms with E-state index in [0.717, 1.165) is 5.92 Å². The molecule has 0 amide bonds. The quantitative estimate of drug-likeness (QED) is 0.540. The lowest BCUT2D eigenvalue weighted by Gasteiger charge is -2.18. The summed E-state index contributed by atoms with van der Waals surface area (Å²) in [5.74, 6) is 1.06. The van der Waals surface area contributed by atoms with Crippen LogP contribution in [0.3, 0.4) is 0 Å². The van der Waals surface area contributed by atoms with Gasteiger partial charge in [-0.1, -0.05) is 79.6 Å². The molecule has 0 nitrogen and oxygen atoms in total. The Labute approximate surface area is 86.1 Å². The van der Waals surface area contributed by atoms with Gasteiger partial charge in [0.25, 0.3) is 0 Å². The van der Waals surface area contributed by atoms with Crippen LogP contribution < -0.4 is 0 Å². The number of hydrogen-bond donors (Lipinski definition) is 0. The van der Waals surface area contributed by atoms with Crippen molar-refractivity contribution in [1.29, 1.82) is 0 Å². The molecule has 0 atom stereocenters. The summed E-state index contributed by atoms with van der Waals surface area (Å²) in [5, 5.41) is 0. The van der Waals surface area contributed by atoms with Crippen LogP contribution in [0.1, 0.15) is 79.6 Å². The number of rotatable bonds is 2. The highest BCUT2D eigenvalue weighted by Gasteiger charge is 2.09. The van der Waals surface area contributed by atoms with E-state index in [-0.39, 0.29) is 0 Å². The molecule has 0 N–H and O–H groups in total. The van der Waals surface area contributed by atoms with Gasteiger partial charge in [-0.25, -0.2) is 0 Å². The van der Waals surface area contributed by atoms with Gasteiger partial charge in [0, 0.05) is 0 Å². The summed E-state index contributed by atoms with van der Waals surface area (Å²) < 4.78 is 0. The lowest BCUT2D eigenvalue weighted by Crippen LogP contribution is -2.04. The second kappa shape index (κ2) is 14.5. The van der Waals surface area contributed by atoms with E-state index >= 15 is 0 Å². The maximum absolute atomic E-state index is 2.31. The molecule has 1 aliphatic carbocycles. The van der Waals surface area contributed by atoms with E-state index in [1.807, 2.05) is 0 Å². The van der Waals surface area contributed by atoms with Crippen LogP contribution in [-0.2, 0) is 0 Å². The van der Waals surface area contributed by atoms with Gasteiger partial charge in [-0.3, -0.25) is 0 Å². The molecule has 1 aliphatic rings. The molecule has 1 rings (SSSR count).